The van der Waals surface area contributed by atoms with Crippen molar-refractivity contribution in [2.45, 2.75) is 134 Å². The number of hydrogen-bond acceptors (Lipinski definition) is 11. The van der Waals surface area contributed by atoms with Crippen LogP contribution in [0, 0.1) is 0 Å². The average Bonchev–Trinajstić information content (AvgIpc) is 3.03. The molecule has 4 N–H and O–H groups in total. The molecule has 6 unspecified atom stereocenters. The van der Waals surface area contributed by atoms with Crippen molar-refractivity contribution in [1.29, 1.82) is 0 Å². The molecule has 0 amide bonds. The first-order valence-corrected chi connectivity index (χ1v) is 18.3. The first-order chi connectivity index (χ1) is 22.6. The summed E-state index contributed by atoms with van der Waals surface area (Å²) in [6, 6.07) is 0. The Morgan fingerprint density at radius 1 is 0.830 bits per heavy atom. The molecule has 1 heterocycles. The minimum Gasteiger partial charge on any atom is -0.457 e. The van der Waals surface area contributed by atoms with Crippen LogP contribution in [0.4, 0.5) is 0 Å². The molecule has 1 rings (SSSR count). The lowest BCUT2D eigenvalue weighted by atomic mass is 9.99. The number of allylic oxidation sites excluding steroid dienone is 8. The van der Waals surface area contributed by atoms with Crippen LogP contribution in [0.25, 0.3) is 0 Å². The molecule has 0 radical (unpaired) electrons. The van der Waals surface area contributed by atoms with Crippen molar-refractivity contribution in [3.8, 4) is 0 Å². The predicted octanol–water partition coefficient (Wildman–Crippen LogP) is 4.89. The quantitative estimate of drug-likeness (QED) is 0.0398. The van der Waals surface area contributed by atoms with Gasteiger partial charge in [-0.05, 0) is 51.4 Å². The second kappa shape index (κ2) is 26.9. The summed E-state index contributed by atoms with van der Waals surface area (Å²) in [4.78, 5) is 12.3. The molecule has 272 valence electrons. The molecule has 12 nitrogen and oxygen atoms in total. The number of ether oxygens (including phenoxy) is 4. The fourth-order valence-electron chi connectivity index (χ4n) is 4.64. The van der Waals surface area contributed by atoms with Crippen LogP contribution in [0.15, 0.2) is 48.6 Å². The Morgan fingerprint density at radius 3 is 2.06 bits per heavy atom. The van der Waals surface area contributed by atoms with Gasteiger partial charge in [0.15, 0.2) is 6.29 Å². The van der Waals surface area contributed by atoms with Gasteiger partial charge in [-0.2, -0.15) is 8.42 Å². The number of esters is 1. The highest BCUT2D eigenvalue weighted by Gasteiger charge is 2.48. The highest BCUT2D eigenvalue weighted by atomic mass is 32.3. The van der Waals surface area contributed by atoms with E-state index in [2.05, 4.69) is 59.7 Å². The van der Waals surface area contributed by atoms with Crippen LogP contribution in [0.1, 0.15) is 97.3 Å². The number of hydrogen-bond donors (Lipinski definition) is 4. The molecule has 0 saturated carbocycles. The largest absolute Gasteiger partial charge is 0.457 e. The molecule has 0 bridgehead atoms. The summed E-state index contributed by atoms with van der Waals surface area (Å²) in [6.45, 7) is 3.51. The van der Waals surface area contributed by atoms with Crippen molar-refractivity contribution < 1.29 is 56.2 Å². The molecule has 0 aliphatic carbocycles. The zero-order chi connectivity index (χ0) is 34.8. The van der Waals surface area contributed by atoms with Gasteiger partial charge in [0.25, 0.3) is 0 Å². The van der Waals surface area contributed by atoms with Crippen LogP contribution in [0.5, 0.6) is 0 Å². The third-order valence-corrected chi connectivity index (χ3v) is 7.68. The summed E-state index contributed by atoms with van der Waals surface area (Å²) in [5.41, 5.74) is 0. The second-order valence-corrected chi connectivity index (χ2v) is 12.4. The minimum atomic E-state index is -5.05. The highest BCUT2D eigenvalue weighted by molar-refractivity contribution is 7.80. The van der Waals surface area contributed by atoms with Gasteiger partial charge in [-0.25, -0.2) is 4.18 Å². The summed E-state index contributed by atoms with van der Waals surface area (Å²) in [6.07, 6.45) is 20.1. The SMILES string of the molecule is CC/C=C\C/C=C\C/C=C\C/C=C\CCCCCCCOCC(COC1OC(CO)C(O)C(OS(=O)(=O)O)C1O)OC(=O)CCCC. The Hall–Kier alpha value is -1.94. The molecule has 0 aromatic carbocycles. The number of rotatable bonds is 27. The topological polar surface area (TPSA) is 178 Å². The van der Waals surface area contributed by atoms with E-state index in [1.54, 1.807) is 0 Å². The first-order valence-electron chi connectivity index (χ1n) is 16.9. The fourth-order valence-corrected chi connectivity index (χ4v) is 5.15. The van der Waals surface area contributed by atoms with Gasteiger partial charge in [-0.15, -0.1) is 0 Å². The lowest BCUT2D eigenvalue weighted by molar-refractivity contribution is -0.301. The maximum Gasteiger partial charge on any atom is 0.397 e. The van der Waals surface area contributed by atoms with E-state index in [1.807, 2.05) is 6.92 Å². The monoisotopic (exact) mass is 690 g/mol. The smallest absolute Gasteiger partial charge is 0.397 e. The molecule has 1 aliphatic heterocycles. The molecule has 6 atom stereocenters. The van der Waals surface area contributed by atoms with Crippen molar-refractivity contribution in [3.63, 3.8) is 0 Å². The number of unbranched alkanes of at least 4 members (excludes halogenated alkanes) is 6. The van der Waals surface area contributed by atoms with Gasteiger partial charge in [0, 0.05) is 13.0 Å². The van der Waals surface area contributed by atoms with E-state index in [4.69, 9.17) is 23.5 Å². The van der Waals surface area contributed by atoms with E-state index in [0.717, 1.165) is 70.6 Å². The number of carbonyl (C=O) groups excluding carboxylic acids is 1. The standard InChI is InChI=1S/C34H58O12S/c1-3-5-7-8-9-10-11-12-13-14-15-16-17-18-19-20-21-22-24-42-26-28(44-30(36)23-6-4-2)27-43-34-32(38)33(46-47(39,40)41)31(37)29(25-35)45-34/h5,7,9-10,12-13,15-16,28-29,31-35,37-38H,3-4,6,8,11,14,17-27H2,1-2H3,(H,39,40,41)/b7-5-,10-9-,13-12-,16-15-. The van der Waals surface area contributed by atoms with E-state index in [0.29, 0.717) is 13.0 Å². The minimum absolute atomic E-state index is 0.0174. The molecule has 0 aromatic rings. The molecular weight excluding hydrogens is 632 g/mol. The third-order valence-electron chi connectivity index (χ3n) is 7.22. The Labute approximate surface area is 281 Å². The molecule has 0 spiro atoms. The van der Waals surface area contributed by atoms with Gasteiger partial charge in [0.2, 0.25) is 0 Å². The van der Waals surface area contributed by atoms with Crippen LogP contribution in [-0.4, -0.2) is 97.5 Å². The number of aliphatic hydroxyl groups is 3. The van der Waals surface area contributed by atoms with Gasteiger partial charge < -0.3 is 34.3 Å². The summed E-state index contributed by atoms with van der Waals surface area (Å²) < 4.78 is 58.0. The van der Waals surface area contributed by atoms with Gasteiger partial charge in [0.05, 0.1) is 19.8 Å². The van der Waals surface area contributed by atoms with Gasteiger partial charge in [-0.3, -0.25) is 9.35 Å². The Balaban J connectivity index is 2.36. The number of carbonyl (C=O) groups is 1. The maximum absolute atomic E-state index is 12.3. The van der Waals surface area contributed by atoms with Crippen LogP contribution >= 0.6 is 0 Å². The lowest BCUT2D eigenvalue weighted by Gasteiger charge is -2.41. The Kier molecular flexibility index (Phi) is 24.7. The average molecular weight is 691 g/mol. The Bertz CT molecular complexity index is 1030. The van der Waals surface area contributed by atoms with Crippen molar-refractivity contribution in [2.24, 2.45) is 0 Å². The molecular formula is C34H58O12S. The second-order valence-electron chi connectivity index (χ2n) is 11.4. The fraction of sp³-hybridized carbons (Fsp3) is 0.735. The summed E-state index contributed by atoms with van der Waals surface area (Å²) >= 11 is 0. The van der Waals surface area contributed by atoms with Crippen molar-refractivity contribution in [1.82, 2.24) is 0 Å². The molecule has 1 saturated heterocycles. The van der Waals surface area contributed by atoms with E-state index in [-0.39, 0.29) is 19.6 Å². The molecule has 1 fully saturated rings. The zero-order valence-corrected chi connectivity index (χ0v) is 28.9. The molecule has 0 aromatic heterocycles. The van der Waals surface area contributed by atoms with Crippen LogP contribution in [-0.2, 0) is 38.3 Å². The van der Waals surface area contributed by atoms with Gasteiger partial charge >= 0.3 is 16.4 Å². The van der Waals surface area contributed by atoms with Crippen LogP contribution in [0.3, 0.4) is 0 Å². The molecule has 1 aliphatic rings. The first kappa shape index (κ1) is 43.1. The van der Waals surface area contributed by atoms with E-state index in [9.17, 15) is 28.5 Å². The molecule has 13 heteroatoms. The highest BCUT2D eigenvalue weighted by Crippen LogP contribution is 2.26. The van der Waals surface area contributed by atoms with Crippen molar-refractivity contribution in [2.75, 3.05) is 26.4 Å². The predicted molar refractivity (Wildman–Crippen MR) is 179 cm³/mol. The molecule has 47 heavy (non-hydrogen) atoms. The van der Waals surface area contributed by atoms with Gasteiger partial charge in [0.1, 0.15) is 30.5 Å². The van der Waals surface area contributed by atoms with Crippen LogP contribution < -0.4 is 0 Å². The van der Waals surface area contributed by atoms with Crippen molar-refractivity contribution in [3.05, 3.63) is 48.6 Å². The third kappa shape index (κ3) is 21.6. The van der Waals surface area contributed by atoms with Gasteiger partial charge in [-0.1, -0.05) is 88.1 Å². The summed E-state index contributed by atoms with van der Waals surface area (Å²) in [5.74, 6) is -0.446. The maximum atomic E-state index is 12.3. The van der Waals surface area contributed by atoms with Crippen LogP contribution in [0.2, 0.25) is 0 Å². The lowest BCUT2D eigenvalue weighted by Crippen LogP contribution is -2.60. The van der Waals surface area contributed by atoms with Crippen molar-refractivity contribution >= 4 is 16.4 Å². The van der Waals surface area contributed by atoms with E-state index >= 15 is 0 Å². The normalized spacial score (nSPS) is 23.1. The summed E-state index contributed by atoms with van der Waals surface area (Å²) in [7, 11) is -5.05. The van der Waals surface area contributed by atoms with E-state index in [1.165, 1.54) is 0 Å². The number of aliphatic hydroxyl groups excluding tert-OH is 3. The Morgan fingerprint density at radius 2 is 1.45 bits per heavy atom. The summed E-state index contributed by atoms with van der Waals surface area (Å²) in [5, 5.41) is 30.2. The van der Waals surface area contributed by atoms with E-state index < -0.39 is 59.8 Å². The zero-order valence-electron chi connectivity index (χ0n) is 28.1.